The van der Waals surface area contributed by atoms with Gasteiger partial charge in [0.2, 0.25) is 0 Å². The molecule has 0 radical (unpaired) electrons. The van der Waals surface area contributed by atoms with E-state index in [4.69, 9.17) is 10.5 Å². The van der Waals surface area contributed by atoms with Crippen LogP contribution in [-0.2, 0) is 6.54 Å². The molecule has 7 nitrogen and oxygen atoms in total. The second kappa shape index (κ2) is 8.45. The number of nitrogens with zero attached hydrogens (tertiary/aromatic N) is 4. The Kier molecular flexibility index (Phi) is 5.57. The lowest BCUT2D eigenvalue weighted by molar-refractivity contribution is 0.0812. The Morgan fingerprint density at radius 3 is 2.79 bits per heavy atom. The van der Waals surface area contributed by atoms with Crippen LogP contribution in [0.1, 0.15) is 28.8 Å². The Morgan fingerprint density at radius 1 is 1.24 bits per heavy atom. The molecule has 3 heterocycles. The molecule has 0 amide bonds. The normalized spacial score (nSPS) is 17.2. The number of ketones is 1. The Hall–Kier alpha value is -3.19. The zero-order chi connectivity index (χ0) is 20.2. The number of Topliss-reactive ketones (excluding diaryl/α,β-unsaturated/α-hetero) is 1. The van der Waals surface area contributed by atoms with Crippen LogP contribution in [0.25, 0.3) is 5.69 Å². The standard InChI is InChI=1S/C22H25N5O2/c1-29-19-8-6-18(7-9-19)27-22(23)20(13-25-27)21(28)17-5-3-11-26(15-17)14-16-4-2-10-24-12-16/h2,4,6-10,12-13,17H,3,5,11,14-15,23H2,1H3. The number of piperidine rings is 1. The van der Waals surface area contributed by atoms with Crippen LogP contribution in [0.2, 0.25) is 0 Å². The van der Waals surface area contributed by atoms with Crippen molar-refractivity contribution in [2.45, 2.75) is 19.4 Å². The summed E-state index contributed by atoms with van der Waals surface area (Å²) in [4.78, 5) is 19.7. The first-order valence-corrected chi connectivity index (χ1v) is 9.79. The first-order valence-electron chi connectivity index (χ1n) is 9.79. The summed E-state index contributed by atoms with van der Waals surface area (Å²) in [5, 5.41) is 4.35. The quantitative estimate of drug-likeness (QED) is 0.650. The number of benzene rings is 1. The van der Waals surface area contributed by atoms with E-state index in [0.29, 0.717) is 11.4 Å². The number of rotatable bonds is 6. The van der Waals surface area contributed by atoms with Crippen molar-refractivity contribution in [2.24, 2.45) is 5.92 Å². The van der Waals surface area contributed by atoms with Crippen LogP contribution >= 0.6 is 0 Å². The summed E-state index contributed by atoms with van der Waals surface area (Å²) in [5.41, 5.74) is 8.75. The summed E-state index contributed by atoms with van der Waals surface area (Å²) < 4.78 is 6.79. The van der Waals surface area contributed by atoms with Crippen LogP contribution < -0.4 is 10.5 Å². The van der Waals surface area contributed by atoms with Crippen LogP contribution in [-0.4, -0.2) is 45.6 Å². The van der Waals surface area contributed by atoms with E-state index >= 15 is 0 Å². The lowest BCUT2D eigenvalue weighted by Crippen LogP contribution is -2.38. The van der Waals surface area contributed by atoms with Crippen LogP contribution in [0.3, 0.4) is 0 Å². The Balaban J connectivity index is 1.48. The third-order valence-electron chi connectivity index (χ3n) is 5.39. The third-order valence-corrected chi connectivity index (χ3v) is 5.39. The van der Waals surface area contributed by atoms with Crippen molar-refractivity contribution in [3.63, 3.8) is 0 Å². The number of methoxy groups -OCH3 is 1. The van der Waals surface area contributed by atoms with Gasteiger partial charge >= 0.3 is 0 Å². The molecule has 7 heteroatoms. The van der Waals surface area contributed by atoms with Crippen molar-refractivity contribution in [2.75, 3.05) is 25.9 Å². The van der Waals surface area contributed by atoms with Crippen LogP contribution in [0.4, 0.5) is 5.82 Å². The van der Waals surface area contributed by atoms with Gasteiger partial charge in [0.1, 0.15) is 11.6 Å². The predicted molar refractivity (Wildman–Crippen MR) is 111 cm³/mol. The van der Waals surface area contributed by atoms with Crippen molar-refractivity contribution < 1.29 is 9.53 Å². The van der Waals surface area contributed by atoms with Gasteiger partial charge < -0.3 is 10.5 Å². The number of likely N-dealkylation sites (tertiary alicyclic amines) is 1. The highest BCUT2D eigenvalue weighted by atomic mass is 16.5. The highest BCUT2D eigenvalue weighted by molar-refractivity contribution is 6.01. The first kappa shape index (κ1) is 19.1. The highest BCUT2D eigenvalue weighted by Gasteiger charge is 2.29. The minimum absolute atomic E-state index is 0.0677. The summed E-state index contributed by atoms with van der Waals surface area (Å²) in [6, 6.07) is 11.4. The molecule has 150 valence electrons. The summed E-state index contributed by atoms with van der Waals surface area (Å²) in [7, 11) is 1.62. The topological polar surface area (TPSA) is 86.3 Å². The molecule has 1 aliphatic rings. The first-order chi connectivity index (χ1) is 14.2. The lowest BCUT2D eigenvalue weighted by Gasteiger charge is -2.31. The van der Waals surface area contributed by atoms with E-state index in [0.717, 1.165) is 49.5 Å². The number of ether oxygens (including phenoxy) is 1. The van der Waals surface area contributed by atoms with E-state index in [-0.39, 0.29) is 11.7 Å². The number of hydrogen-bond acceptors (Lipinski definition) is 6. The average Bonchev–Trinajstić information content (AvgIpc) is 3.15. The summed E-state index contributed by atoms with van der Waals surface area (Å²) in [5.74, 6) is 1.13. The smallest absolute Gasteiger partial charge is 0.172 e. The SMILES string of the molecule is COc1ccc(-n2ncc(C(=O)C3CCCN(Cc4cccnc4)C3)c2N)cc1. The van der Waals surface area contributed by atoms with Crippen LogP contribution in [0.15, 0.2) is 55.0 Å². The number of nitrogen functional groups attached to an aromatic ring is 1. The number of carbonyl (C=O) groups is 1. The summed E-state index contributed by atoms with van der Waals surface area (Å²) in [6.45, 7) is 2.51. The highest BCUT2D eigenvalue weighted by Crippen LogP contribution is 2.26. The van der Waals surface area contributed by atoms with Gasteiger partial charge in [-0.05, 0) is 55.3 Å². The average molecular weight is 391 g/mol. The van der Waals surface area contributed by atoms with Gasteiger partial charge in [-0.3, -0.25) is 14.7 Å². The molecule has 0 aliphatic carbocycles. The van der Waals surface area contributed by atoms with Crippen molar-refractivity contribution in [3.8, 4) is 11.4 Å². The molecule has 1 aromatic carbocycles. The largest absolute Gasteiger partial charge is 0.497 e. The molecular formula is C22H25N5O2. The Bertz CT molecular complexity index is 969. The van der Waals surface area contributed by atoms with Gasteiger partial charge in [0.25, 0.3) is 0 Å². The molecule has 0 saturated carbocycles. The molecule has 1 fully saturated rings. The van der Waals surface area contributed by atoms with Gasteiger partial charge in [-0.1, -0.05) is 6.07 Å². The number of pyridine rings is 1. The summed E-state index contributed by atoms with van der Waals surface area (Å²) in [6.07, 6.45) is 7.10. The van der Waals surface area contributed by atoms with Gasteiger partial charge in [0, 0.05) is 31.4 Å². The molecule has 3 aromatic rings. The number of nitrogens with two attached hydrogens (primary N) is 1. The Labute approximate surface area is 170 Å². The fraction of sp³-hybridized carbons (Fsp3) is 0.318. The fourth-order valence-corrected chi connectivity index (χ4v) is 3.86. The van der Waals surface area contributed by atoms with Crippen molar-refractivity contribution >= 4 is 11.6 Å². The molecule has 1 saturated heterocycles. The second-order valence-electron chi connectivity index (χ2n) is 7.35. The van der Waals surface area contributed by atoms with E-state index in [9.17, 15) is 4.79 Å². The maximum atomic E-state index is 13.2. The number of hydrogen-bond donors (Lipinski definition) is 1. The van der Waals surface area contributed by atoms with E-state index in [1.165, 1.54) is 0 Å². The van der Waals surface area contributed by atoms with Gasteiger partial charge in [-0.25, -0.2) is 4.68 Å². The molecule has 2 N–H and O–H groups in total. The minimum Gasteiger partial charge on any atom is -0.497 e. The van der Waals surface area contributed by atoms with E-state index in [1.807, 2.05) is 36.5 Å². The van der Waals surface area contributed by atoms with Crippen molar-refractivity contribution in [3.05, 3.63) is 66.1 Å². The Morgan fingerprint density at radius 2 is 2.07 bits per heavy atom. The number of anilines is 1. The fourth-order valence-electron chi connectivity index (χ4n) is 3.86. The number of carbonyl (C=O) groups excluding carboxylic acids is 1. The van der Waals surface area contributed by atoms with E-state index < -0.39 is 0 Å². The van der Waals surface area contributed by atoms with E-state index in [1.54, 1.807) is 24.2 Å². The van der Waals surface area contributed by atoms with Gasteiger partial charge in [-0.15, -0.1) is 0 Å². The molecule has 0 spiro atoms. The minimum atomic E-state index is -0.0729. The molecule has 0 bridgehead atoms. The number of aromatic nitrogens is 3. The molecular weight excluding hydrogens is 366 g/mol. The van der Waals surface area contributed by atoms with Crippen molar-refractivity contribution in [1.29, 1.82) is 0 Å². The molecule has 1 atom stereocenters. The van der Waals surface area contributed by atoms with Gasteiger partial charge in [0.05, 0.1) is 24.6 Å². The predicted octanol–water partition coefficient (Wildman–Crippen LogP) is 2.95. The van der Waals surface area contributed by atoms with Crippen LogP contribution in [0.5, 0.6) is 5.75 Å². The molecule has 1 unspecified atom stereocenters. The van der Waals surface area contributed by atoms with Crippen LogP contribution in [0, 0.1) is 5.92 Å². The molecule has 29 heavy (non-hydrogen) atoms. The third kappa shape index (κ3) is 4.14. The second-order valence-corrected chi connectivity index (χ2v) is 7.35. The van der Waals surface area contributed by atoms with Gasteiger partial charge in [0.15, 0.2) is 5.78 Å². The van der Waals surface area contributed by atoms with E-state index in [2.05, 4.69) is 21.0 Å². The zero-order valence-corrected chi connectivity index (χ0v) is 16.5. The van der Waals surface area contributed by atoms with Crippen molar-refractivity contribution in [1.82, 2.24) is 19.7 Å². The zero-order valence-electron chi connectivity index (χ0n) is 16.5. The van der Waals surface area contributed by atoms with Gasteiger partial charge in [-0.2, -0.15) is 5.10 Å². The maximum absolute atomic E-state index is 13.2. The lowest BCUT2D eigenvalue weighted by atomic mass is 9.90. The molecule has 2 aromatic heterocycles. The molecule has 4 rings (SSSR count). The monoisotopic (exact) mass is 391 g/mol. The maximum Gasteiger partial charge on any atom is 0.172 e. The molecule has 1 aliphatic heterocycles. The summed E-state index contributed by atoms with van der Waals surface area (Å²) >= 11 is 0.